The van der Waals surface area contributed by atoms with E-state index in [0.29, 0.717) is 30.7 Å². The Balaban J connectivity index is 2.17. The second-order valence-corrected chi connectivity index (χ2v) is 4.47. The molecule has 0 spiro atoms. The minimum atomic E-state index is 0.522. The molecule has 4 heteroatoms. The SMILES string of the molecule is CCC(C)c1ccc(-c2nnc(CCN)o2)cc1. The summed E-state index contributed by atoms with van der Waals surface area (Å²) < 4.78 is 5.53. The summed E-state index contributed by atoms with van der Waals surface area (Å²) in [6.07, 6.45) is 1.76. The Morgan fingerprint density at radius 1 is 1.22 bits per heavy atom. The van der Waals surface area contributed by atoms with Gasteiger partial charge in [-0.1, -0.05) is 26.0 Å². The summed E-state index contributed by atoms with van der Waals surface area (Å²) in [7, 11) is 0. The van der Waals surface area contributed by atoms with Crippen LogP contribution in [0.1, 0.15) is 37.6 Å². The van der Waals surface area contributed by atoms with Gasteiger partial charge in [0.15, 0.2) is 0 Å². The average Bonchev–Trinajstić information content (AvgIpc) is 2.87. The first-order valence-corrected chi connectivity index (χ1v) is 6.37. The van der Waals surface area contributed by atoms with Crippen LogP contribution in [0.2, 0.25) is 0 Å². The van der Waals surface area contributed by atoms with Gasteiger partial charge in [-0.25, -0.2) is 0 Å². The second-order valence-electron chi connectivity index (χ2n) is 4.47. The summed E-state index contributed by atoms with van der Waals surface area (Å²) in [6, 6.07) is 8.30. The van der Waals surface area contributed by atoms with Crippen LogP contribution in [0.15, 0.2) is 28.7 Å². The molecule has 0 radical (unpaired) electrons. The van der Waals surface area contributed by atoms with Crippen LogP contribution in [0.5, 0.6) is 0 Å². The highest BCUT2D eigenvalue weighted by Crippen LogP contribution is 2.23. The van der Waals surface area contributed by atoms with Crippen LogP contribution in [-0.2, 0) is 6.42 Å². The lowest BCUT2D eigenvalue weighted by Crippen LogP contribution is -2.02. The van der Waals surface area contributed by atoms with E-state index in [1.807, 2.05) is 12.1 Å². The average molecular weight is 245 g/mol. The Morgan fingerprint density at radius 2 is 1.94 bits per heavy atom. The molecule has 0 bridgehead atoms. The molecule has 2 rings (SSSR count). The molecule has 1 unspecified atom stereocenters. The number of benzene rings is 1. The van der Waals surface area contributed by atoms with E-state index in [0.717, 1.165) is 12.0 Å². The van der Waals surface area contributed by atoms with Crippen LogP contribution in [0.3, 0.4) is 0 Å². The predicted octanol–water partition coefficient (Wildman–Crippen LogP) is 2.75. The Kier molecular flexibility index (Phi) is 4.10. The van der Waals surface area contributed by atoms with Gasteiger partial charge in [0.05, 0.1) is 0 Å². The van der Waals surface area contributed by atoms with Gasteiger partial charge >= 0.3 is 0 Å². The first-order chi connectivity index (χ1) is 8.74. The van der Waals surface area contributed by atoms with Gasteiger partial charge in [0.1, 0.15) is 0 Å². The molecule has 4 nitrogen and oxygen atoms in total. The molecular formula is C14H19N3O. The van der Waals surface area contributed by atoms with E-state index >= 15 is 0 Å². The zero-order valence-electron chi connectivity index (χ0n) is 10.9. The molecule has 0 amide bonds. The molecule has 0 aliphatic rings. The second kappa shape index (κ2) is 5.78. The molecule has 2 N–H and O–H groups in total. The van der Waals surface area contributed by atoms with Crippen molar-refractivity contribution in [2.45, 2.75) is 32.6 Å². The van der Waals surface area contributed by atoms with Gasteiger partial charge < -0.3 is 10.2 Å². The molecule has 1 aromatic heterocycles. The van der Waals surface area contributed by atoms with Gasteiger partial charge in [0.2, 0.25) is 11.8 Å². The lowest BCUT2D eigenvalue weighted by atomic mass is 9.98. The van der Waals surface area contributed by atoms with Crippen LogP contribution in [0.25, 0.3) is 11.5 Å². The molecule has 1 aromatic carbocycles. The topological polar surface area (TPSA) is 64.9 Å². The van der Waals surface area contributed by atoms with Gasteiger partial charge in [-0.3, -0.25) is 0 Å². The minimum absolute atomic E-state index is 0.522. The Morgan fingerprint density at radius 3 is 2.56 bits per heavy atom. The van der Waals surface area contributed by atoms with Crippen molar-refractivity contribution in [3.8, 4) is 11.5 Å². The van der Waals surface area contributed by atoms with E-state index in [1.165, 1.54) is 5.56 Å². The van der Waals surface area contributed by atoms with Gasteiger partial charge in [-0.2, -0.15) is 0 Å². The molecule has 1 heterocycles. The van der Waals surface area contributed by atoms with E-state index in [4.69, 9.17) is 10.2 Å². The van der Waals surface area contributed by atoms with Crippen molar-refractivity contribution >= 4 is 0 Å². The summed E-state index contributed by atoms with van der Waals surface area (Å²) >= 11 is 0. The van der Waals surface area contributed by atoms with Crippen molar-refractivity contribution in [1.29, 1.82) is 0 Å². The monoisotopic (exact) mass is 245 g/mol. The Labute approximate surface area is 107 Å². The molecule has 0 saturated heterocycles. The standard InChI is InChI=1S/C14H19N3O/c1-3-10(2)11-4-6-12(7-5-11)14-17-16-13(18-14)8-9-15/h4-7,10H,3,8-9,15H2,1-2H3. The van der Waals surface area contributed by atoms with Crippen molar-refractivity contribution in [2.75, 3.05) is 6.54 Å². The fourth-order valence-corrected chi connectivity index (χ4v) is 1.78. The zero-order chi connectivity index (χ0) is 13.0. The lowest BCUT2D eigenvalue weighted by molar-refractivity contribution is 0.507. The molecular weight excluding hydrogens is 226 g/mol. The largest absolute Gasteiger partial charge is 0.421 e. The number of hydrogen-bond donors (Lipinski definition) is 1. The maximum Gasteiger partial charge on any atom is 0.247 e. The lowest BCUT2D eigenvalue weighted by Gasteiger charge is -2.08. The quantitative estimate of drug-likeness (QED) is 0.879. The van der Waals surface area contributed by atoms with Crippen molar-refractivity contribution in [1.82, 2.24) is 10.2 Å². The summed E-state index contributed by atoms with van der Waals surface area (Å²) in [6.45, 7) is 4.94. The van der Waals surface area contributed by atoms with Crippen molar-refractivity contribution in [2.24, 2.45) is 5.73 Å². The highest BCUT2D eigenvalue weighted by molar-refractivity contribution is 5.53. The summed E-state index contributed by atoms with van der Waals surface area (Å²) in [5, 5.41) is 7.99. The van der Waals surface area contributed by atoms with E-state index in [2.05, 4.69) is 36.2 Å². The third-order valence-electron chi connectivity index (χ3n) is 3.16. The molecule has 96 valence electrons. The fraction of sp³-hybridized carbons (Fsp3) is 0.429. The van der Waals surface area contributed by atoms with Gasteiger partial charge in [-0.05, 0) is 30.0 Å². The van der Waals surface area contributed by atoms with Crippen molar-refractivity contribution < 1.29 is 4.42 Å². The van der Waals surface area contributed by atoms with Gasteiger partial charge in [-0.15, -0.1) is 10.2 Å². The smallest absolute Gasteiger partial charge is 0.247 e. The Hall–Kier alpha value is -1.68. The summed E-state index contributed by atoms with van der Waals surface area (Å²) in [4.78, 5) is 0. The Bertz CT molecular complexity index is 490. The molecule has 0 saturated carbocycles. The third kappa shape index (κ3) is 2.76. The molecule has 1 atom stereocenters. The van der Waals surface area contributed by atoms with Crippen molar-refractivity contribution in [3.05, 3.63) is 35.7 Å². The number of nitrogens with two attached hydrogens (primary N) is 1. The zero-order valence-corrected chi connectivity index (χ0v) is 10.9. The maximum absolute atomic E-state index is 5.53. The predicted molar refractivity (Wildman–Crippen MR) is 71.2 cm³/mol. The fourth-order valence-electron chi connectivity index (χ4n) is 1.78. The maximum atomic E-state index is 5.53. The molecule has 0 fully saturated rings. The number of hydrogen-bond acceptors (Lipinski definition) is 4. The first-order valence-electron chi connectivity index (χ1n) is 6.37. The molecule has 2 aromatic rings. The normalized spacial score (nSPS) is 12.6. The highest BCUT2D eigenvalue weighted by atomic mass is 16.4. The highest BCUT2D eigenvalue weighted by Gasteiger charge is 2.09. The van der Waals surface area contributed by atoms with E-state index in [1.54, 1.807) is 0 Å². The summed E-state index contributed by atoms with van der Waals surface area (Å²) in [5.41, 5.74) is 7.74. The first kappa shape index (κ1) is 12.8. The number of aromatic nitrogens is 2. The number of rotatable bonds is 5. The number of nitrogens with zero attached hydrogens (tertiary/aromatic N) is 2. The third-order valence-corrected chi connectivity index (χ3v) is 3.16. The molecule has 18 heavy (non-hydrogen) atoms. The minimum Gasteiger partial charge on any atom is -0.421 e. The van der Waals surface area contributed by atoms with Crippen LogP contribution in [0.4, 0.5) is 0 Å². The molecule has 0 aliphatic heterocycles. The van der Waals surface area contributed by atoms with Crippen molar-refractivity contribution in [3.63, 3.8) is 0 Å². The van der Waals surface area contributed by atoms with E-state index in [-0.39, 0.29) is 0 Å². The van der Waals surface area contributed by atoms with Crippen LogP contribution in [0, 0.1) is 0 Å². The van der Waals surface area contributed by atoms with E-state index in [9.17, 15) is 0 Å². The van der Waals surface area contributed by atoms with Gasteiger partial charge in [0.25, 0.3) is 0 Å². The van der Waals surface area contributed by atoms with Crippen LogP contribution >= 0.6 is 0 Å². The molecule has 0 aliphatic carbocycles. The van der Waals surface area contributed by atoms with Gasteiger partial charge in [0, 0.05) is 18.5 Å². The summed E-state index contributed by atoms with van der Waals surface area (Å²) in [5.74, 6) is 1.74. The van der Waals surface area contributed by atoms with E-state index < -0.39 is 0 Å². The van der Waals surface area contributed by atoms with Crippen LogP contribution < -0.4 is 5.73 Å². The van der Waals surface area contributed by atoms with Crippen LogP contribution in [-0.4, -0.2) is 16.7 Å².